The third-order valence-electron chi connectivity index (χ3n) is 2.61. The highest BCUT2D eigenvalue weighted by molar-refractivity contribution is 5.92. The predicted octanol–water partition coefficient (Wildman–Crippen LogP) is 2.92. The van der Waals surface area contributed by atoms with Crippen molar-refractivity contribution in [2.24, 2.45) is 0 Å². The van der Waals surface area contributed by atoms with Crippen molar-refractivity contribution in [1.82, 2.24) is 10.2 Å². The fraction of sp³-hybridized carbons (Fsp3) is 0.231. The number of para-hydroxylation sites is 1. The van der Waals surface area contributed by atoms with E-state index in [1.54, 1.807) is 13.0 Å². The monoisotopic (exact) mass is 283 g/mol. The van der Waals surface area contributed by atoms with Gasteiger partial charge in [-0.25, -0.2) is 0 Å². The number of aromatic nitrogens is 2. The number of aryl methyl sites for hydroxylation is 1. The van der Waals surface area contributed by atoms with Gasteiger partial charge in [-0.15, -0.1) is 0 Å². The average molecular weight is 283 g/mol. The van der Waals surface area contributed by atoms with Crippen LogP contribution in [-0.2, 0) is 17.4 Å². The predicted molar refractivity (Wildman–Crippen MR) is 67.1 cm³/mol. The van der Waals surface area contributed by atoms with Crippen LogP contribution in [0.3, 0.4) is 0 Å². The van der Waals surface area contributed by atoms with Gasteiger partial charge < -0.3 is 5.32 Å². The number of H-pyrrole nitrogens is 1. The standard InChI is InChI=1S/C13H12F3N3O/c1-8-6-9(19-18-8)7-12(20)17-11-5-3-2-4-10(11)13(14,15)16/h2-6H,7H2,1H3,(H,17,20)(H,18,19). The Morgan fingerprint density at radius 2 is 2.05 bits per heavy atom. The third kappa shape index (κ3) is 3.37. The summed E-state index contributed by atoms with van der Waals surface area (Å²) in [4.78, 5) is 11.7. The molecule has 7 heteroatoms. The van der Waals surface area contributed by atoms with Crippen molar-refractivity contribution >= 4 is 11.6 Å². The Balaban J connectivity index is 2.12. The van der Waals surface area contributed by atoms with Crippen molar-refractivity contribution in [3.8, 4) is 0 Å². The summed E-state index contributed by atoms with van der Waals surface area (Å²) < 4.78 is 38.3. The molecule has 0 aliphatic heterocycles. The minimum absolute atomic E-state index is 0.0868. The molecule has 0 saturated carbocycles. The number of carbonyl (C=O) groups excluding carboxylic acids is 1. The van der Waals surface area contributed by atoms with Crippen LogP contribution >= 0.6 is 0 Å². The summed E-state index contributed by atoms with van der Waals surface area (Å²) in [5, 5.41) is 8.79. The zero-order valence-corrected chi connectivity index (χ0v) is 10.6. The average Bonchev–Trinajstić information content (AvgIpc) is 2.73. The molecule has 0 spiro atoms. The first-order valence-electron chi connectivity index (χ1n) is 5.83. The Bertz CT molecular complexity index is 619. The topological polar surface area (TPSA) is 57.8 Å². The van der Waals surface area contributed by atoms with Gasteiger partial charge in [-0.3, -0.25) is 9.89 Å². The summed E-state index contributed by atoms with van der Waals surface area (Å²) in [6.45, 7) is 1.77. The molecule has 2 aromatic rings. The molecule has 1 amide bonds. The van der Waals surface area contributed by atoms with E-state index in [4.69, 9.17) is 0 Å². The van der Waals surface area contributed by atoms with Crippen molar-refractivity contribution in [2.75, 3.05) is 5.32 Å². The summed E-state index contributed by atoms with van der Waals surface area (Å²) in [5.74, 6) is -0.548. The SMILES string of the molecule is Cc1cc(CC(=O)Nc2ccccc2C(F)(F)F)n[nH]1. The zero-order valence-electron chi connectivity index (χ0n) is 10.6. The number of anilines is 1. The molecule has 0 bridgehead atoms. The Kier molecular flexibility index (Phi) is 3.78. The second kappa shape index (κ2) is 5.36. The molecular formula is C13H12F3N3O. The van der Waals surface area contributed by atoms with E-state index in [0.717, 1.165) is 11.8 Å². The van der Waals surface area contributed by atoms with E-state index in [2.05, 4.69) is 15.5 Å². The van der Waals surface area contributed by atoms with Gasteiger partial charge in [0, 0.05) is 5.69 Å². The number of rotatable bonds is 3. The number of amides is 1. The van der Waals surface area contributed by atoms with Crippen LogP contribution in [0.25, 0.3) is 0 Å². The van der Waals surface area contributed by atoms with E-state index in [1.165, 1.54) is 18.2 Å². The zero-order chi connectivity index (χ0) is 14.8. The van der Waals surface area contributed by atoms with Gasteiger partial charge in [0.15, 0.2) is 0 Å². The minimum Gasteiger partial charge on any atom is -0.325 e. The van der Waals surface area contributed by atoms with Gasteiger partial charge in [0.05, 0.1) is 23.4 Å². The number of nitrogens with one attached hydrogen (secondary N) is 2. The van der Waals surface area contributed by atoms with Crippen LogP contribution in [-0.4, -0.2) is 16.1 Å². The van der Waals surface area contributed by atoms with Crippen LogP contribution in [0.15, 0.2) is 30.3 Å². The number of hydrogen-bond donors (Lipinski definition) is 2. The molecule has 0 aliphatic carbocycles. The Hall–Kier alpha value is -2.31. The maximum Gasteiger partial charge on any atom is 0.418 e. The normalized spacial score (nSPS) is 11.4. The maximum absolute atomic E-state index is 12.8. The molecule has 1 aromatic heterocycles. The highest BCUT2D eigenvalue weighted by atomic mass is 19.4. The van der Waals surface area contributed by atoms with Crippen LogP contribution in [0.5, 0.6) is 0 Å². The molecular weight excluding hydrogens is 271 g/mol. The van der Waals surface area contributed by atoms with E-state index in [-0.39, 0.29) is 12.1 Å². The largest absolute Gasteiger partial charge is 0.418 e. The van der Waals surface area contributed by atoms with Crippen LogP contribution in [0.4, 0.5) is 18.9 Å². The summed E-state index contributed by atoms with van der Waals surface area (Å²) >= 11 is 0. The molecule has 2 N–H and O–H groups in total. The number of halogens is 3. The quantitative estimate of drug-likeness (QED) is 0.910. The number of benzene rings is 1. The van der Waals surface area contributed by atoms with Gasteiger partial charge in [-0.2, -0.15) is 18.3 Å². The molecule has 0 fully saturated rings. The third-order valence-corrected chi connectivity index (χ3v) is 2.61. The van der Waals surface area contributed by atoms with Crippen molar-refractivity contribution in [2.45, 2.75) is 19.5 Å². The molecule has 1 heterocycles. The van der Waals surface area contributed by atoms with Crippen LogP contribution in [0.1, 0.15) is 17.0 Å². The number of hydrogen-bond acceptors (Lipinski definition) is 2. The van der Waals surface area contributed by atoms with E-state index in [0.29, 0.717) is 5.69 Å². The minimum atomic E-state index is -4.51. The van der Waals surface area contributed by atoms with Crippen molar-refractivity contribution < 1.29 is 18.0 Å². The lowest BCUT2D eigenvalue weighted by atomic mass is 10.1. The first kappa shape index (κ1) is 14.1. The molecule has 0 saturated heterocycles. The smallest absolute Gasteiger partial charge is 0.325 e. The molecule has 0 aliphatic rings. The summed E-state index contributed by atoms with van der Waals surface area (Å²) in [6, 6.07) is 6.51. The lowest BCUT2D eigenvalue weighted by Gasteiger charge is -2.13. The highest BCUT2D eigenvalue weighted by Crippen LogP contribution is 2.34. The molecule has 1 aromatic carbocycles. The van der Waals surface area contributed by atoms with E-state index >= 15 is 0 Å². The molecule has 0 radical (unpaired) electrons. The molecule has 4 nitrogen and oxygen atoms in total. The Morgan fingerprint density at radius 3 is 2.65 bits per heavy atom. The second-order valence-corrected chi connectivity index (χ2v) is 4.31. The lowest BCUT2D eigenvalue weighted by molar-refractivity contribution is -0.137. The van der Waals surface area contributed by atoms with Crippen LogP contribution in [0, 0.1) is 6.92 Å². The van der Waals surface area contributed by atoms with Gasteiger partial charge in [0.25, 0.3) is 0 Å². The maximum atomic E-state index is 12.8. The van der Waals surface area contributed by atoms with Crippen molar-refractivity contribution in [3.05, 3.63) is 47.3 Å². The van der Waals surface area contributed by atoms with E-state index < -0.39 is 17.6 Å². The van der Waals surface area contributed by atoms with Gasteiger partial charge in [-0.1, -0.05) is 12.1 Å². The summed E-state index contributed by atoms with van der Waals surface area (Å²) in [7, 11) is 0. The first-order valence-corrected chi connectivity index (χ1v) is 5.83. The number of nitrogens with zero attached hydrogens (tertiary/aromatic N) is 1. The van der Waals surface area contributed by atoms with Gasteiger partial charge in [-0.05, 0) is 25.1 Å². The molecule has 106 valence electrons. The van der Waals surface area contributed by atoms with Gasteiger partial charge in [0.2, 0.25) is 5.91 Å². The first-order chi connectivity index (χ1) is 9.36. The number of carbonyl (C=O) groups is 1. The lowest BCUT2D eigenvalue weighted by Crippen LogP contribution is -2.18. The molecule has 0 atom stereocenters. The molecule has 0 unspecified atom stereocenters. The van der Waals surface area contributed by atoms with E-state index in [1.807, 2.05) is 0 Å². The summed E-state index contributed by atoms with van der Waals surface area (Å²) in [5.41, 5.74) is 0.136. The van der Waals surface area contributed by atoms with Gasteiger partial charge >= 0.3 is 6.18 Å². The highest BCUT2D eigenvalue weighted by Gasteiger charge is 2.33. The van der Waals surface area contributed by atoms with Crippen molar-refractivity contribution in [3.63, 3.8) is 0 Å². The number of alkyl halides is 3. The van der Waals surface area contributed by atoms with Crippen molar-refractivity contribution in [1.29, 1.82) is 0 Å². The van der Waals surface area contributed by atoms with Gasteiger partial charge in [0.1, 0.15) is 0 Å². The Labute approximate surface area is 113 Å². The fourth-order valence-electron chi connectivity index (χ4n) is 1.76. The fourth-order valence-corrected chi connectivity index (χ4v) is 1.76. The Morgan fingerprint density at radius 1 is 1.35 bits per heavy atom. The summed E-state index contributed by atoms with van der Waals surface area (Å²) in [6.07, 6.45) is -4.59. The molecule has 2 rings (SSSR count). The van der Waals surface area contributed by atoms with Crippen LogP contribution < -0.4 is 5.32 Å². The van der Waals surface area contributed by atoms with Crippen LogP contribution in [0.2, 0.25) is 0 Å². The second-order valence-electron chi connectivity index (χ2n) is 4.31. The number of aromatic amines is 1. The van der Waals surface area contributed by atoms with E-state index in [9.17, 15) is 18.0 Å². The molecule has 20 heavy (non-hydrogen) atoms.